The van der Waals surface area contributed by atoms with E-state index in [1.165, 1.54) is 0 Å². The van der Waals surface area contributed by atoms with Crippen molar-refractivity contribution < 1.29 is 35.1 Å². The zero-order valence-electron chi connectivity index (χ0n) is 8.35. The van der Waals surface area contributed by atoms with Gasteiger partial charge in [0.2, 0.25) is 11.7 Å². The fraction of sp³-hybridized carbons (Fsp3) is 0.875. The minimum atomic E-state index is -2.40. The number of hydrogen-bond donors (Lipinski definition) is 6. The van der Waals surface area contributed by atoms with Gasteiger partial charge < -0.3 is 36.0 Å². The molecule has 0 saturated carbocycles. The van der Waals surface area contributed by atoms with E-state index in [-0.39, 0.29) is 0 Å². The minimum Gasteiger partial charge on any atom is -0.394 e. The number of carbonyl (C=O) groups is 1. The van der Waals surface area contributed by atoms with Crippen LogP contribution in [-0.4, -0.2) is 68.2 Å². The molecule has 1 saturated heterocycles. The Morgan fingerprint density at radius 2 is 1.88 bits per heavy atom. The number of amides is 1. The zero-order valence-corrected chi connectivity index (χ0v) is 8.35. The summed E-state index contributed by atoms with van der Waals surface area (Å²) < 4.78 is 4.77. The summed E-state index contributed by atoms with van der Waals surface area (Å²) in [7, 11) is 0. The van der Waals surface area contributed by atoms with Crippen LogP contribution in [0.25, 0.3) is 0 Å². The Morgan fingerprint density at radius 1 is 1.31 bits per heavy atom. The number of aliphatic hydroxyl groups excluding tert-OH is 4. The van der Waals surface area contributed by atoms with Crippen LogP contribution in [-0.2, 0) is 9.53 Å². The van der Waals surface area contributed by atoms with Gasteiger partial charge in [-0.2, -0.15) is 0 Å². The maximum absolute atomic E-state index is 10.7. The molecule has 0 aromatic carbocycles. The Labute approximate surface area is 90.9 Å². The standard InChI is InChI=1S/C8H15NO7/c9-4(11)1-8(15)7(14)6(13)5(12)3(2-10)16-8/h3,5-7,10,12-15H,1-2H2,(H2,9,11)/t3-,5+,6+,7-,8?/m1/s1. The van der Waals surface area contributed by atoms with Crippen molar-refractivity contribution in [3.8, 4) is 0 Å². The summed E-state index contributed by atoms with van der Waals surface area (Å²) in [6.45, 7) is -0.688. The molecular weight excluding hydrogens is 222 g/mol. The van der Waals surface area contributed by atoms with Gasteiger partial charge in [0.1, 0.15) is 24.4 Å². The lowest BCUT2D eigenvalue weighted by molar-refractivity contribution is -0.347. The number of nitrogens with two attached hydrogens (primary N) is 1. The number of aliphatic hydroxyl groups is 5. The highest BCUT2D eigenvalue weighted by molar-refractivity contribution is 5.74. The van der Waals surface area contributed by atoms with E-state index in [1.807, 2.05) is 0 Å². The molecule has 1 unspecified atom stereocenters. The van der Waals surface area contributed by atoms with E-state index in [2.05, 4.69) is 0 Å². The van der Waals surface area contributed by atoms with E-state index >= 15 is 0 Å². The summed E-state index contributed by atoms with van der Waals surface area (Å²) >= 11 is 0. The van der Waals surface area contributed by atoms with Crippen LogP contribution >= 0.6 is 0 Å². The first-order valence-corrected chi connectivity index (χ1v) is 4.65. The van der Waals surface area contributed by atoms with Crippen molar-refractivity contribution in [1.82, 2.24) is 0 Å². The molecule has 1 aliphatic heterocycles. The molecule has 0 spiro atoms. The van der Waals surface area contributed by atoms with Crippen LogP contribution in [0.15, 0.2) is 0 Å². The summed E-state index contributed by atoms with van der Waals surface area (Å²) in [5, 5.41) is 46.8. The first kappa shape index (κ1) is 13.3. The van der Waals surface area contributed by atoms with Gasteiger partial charge in [0.15, 0.2) is 0 Å². The molecular formula is C8H15NO7. The number of carbonyl (C=O) groups excluding carboxylic acids is 1. The number of ether oxygens (including phenoxy) is 1. The smallest absolute Gasteiger partial charge is 0.222 e. The van der Waals surface area contributed by atoms with Crippen molar-refractivity contribution in [3.63, 3.8) is 0 Å². The lowest BCUT2D eigenvalue weighted by Crippen LogP contribution is -2.65. The molecule has 0 aliphatic carbocycles. The predicted octanol–water partition coefficient (Wildman–Crippen LogP) is -3.98. The van der Waals surface area contributed by atoms with Crippen molar-refractivity contribution in [2.45, 2.75) is 36.6 Å². The average Bonchev–Trinajstić information content (AvgIpc) is 2.20. The zero-order chi connectivity index (χ0) is 12.5. The Morgan fingerprint density at radius 3 is 2.31 bits per heavy atom. The highest BCUT2D eigenvalue weighted by Crippen LogP contribution is 2.30. The van der Waals surface area contributed by atoms with E-state index in [0.29, 0.717) is 0 Å². The maximum Gasteiger partial charge on any atom is 0.222 e. The molecule has 1 aliphatic rings. The van der Waals surface area contributed by atoms with Crippen LogP contribution in [0.4, 0.5) is 0 Å². The molecule has 1 rings (SSSR count). The van der Waals surface area contributed by atoms with Crippen LogP contribution in [0.1, 0.15) is 6.42 Å². The van der Waals surface area contributed by atoms with Gasteiger partial charge >= 0.3 is 0 Å². The first-order valence-electron chi connectivity index (χ1n) is 4.65. The fourth-order valence-corrected chi connectivity index (χ4v) is 1.62. The van der Waals surface area contributed by atoms with Gasteiger partial charge in [-0.3, -0.25) is 4.79 Å². The third-order valence-electron chi connectivity index (χ3n) is 2.48. The Balaban J connectivity index is 2.89. The quantitative estimate of drug-likeness (QED) is 0.292. The van der Waals surface area contributed by atoms with E-state index in [0.717, 1.165) is 0 Å². The molecule has 0 aromatic rings. The van der Waals surface area contributed by atoms with Crippen LogP contribution < -0.4 is 5.73 Å². The van der Waals surface area contributed by atoms with E-state index in [1.54, 1.807) is 0 Å². The summed E-state index contributed by atoms with van der Waals surface area (Å²) in [6, 6.07) is 0. The van der Waals surface area contributed by atoms with Gasteiger partial charge in [-0.1, -0.05) is 0 Å². The Hall–Kier alpha value is -0.770. The molecule has 5 atom stereocenters. The molecule has 1 amide bonds. The third kappa shape index (κ3) is 2.32. The first-order chi connectivity index (χ1) is 7.31. The molecule has 0 aromatic heterocycles. The SMILES string of the molecule is NC(=O)CC1(O)O[C@H](CO)[C@H](O)[C@H](O)[C@H]1O. The molecule has 8 nitrogen and oxygen atoms in total. The van der Waals surface area contributed by atoms with Gasteiger partial charge in [0.05, 0.1) is 13.0 Å². The largest absolute Gasteiger partial charge is 0.394 e. The topological polar surface area (TPSA) is 153 Å². The maximum atomic E-state index is 10.7. The lowest BCUT2D eigenvalue weighted by atomic mass is 9.90. The van der Waals surface area contributed by atoms with Crippen LogP contribution in [0.3, 0.4) is 0 Å². The van der Waals surface area contributed by atoms with Crippen molar-refractivity contribution >= 4 is 5.91 Å². The number of hydrogen-bond acceptors (Lipinski definition) is 7. The second kappa shape index (κ2) is 4.62. The fourth-order valence-electron chi connectivity index (χ4n) is 1.62. The Kier molecular flexibility index (Phi) is 3.84. The highest BCUT2D eigenvalue weighted by Gasteiger charge is 2.53. The molecule has 1 heterocycles. The minimum absolute atomic E-state index is 0.688. The van der Waals surface area contributed by atoms with Crippen molar-refractivity contribution in [1.29, 1.82) is 0 Å². The molecule has 0 radical (unpaired) electrons. The summed E-state index contributed by atoms with van der Waals surface area (Å²) in [4.78, 5) is 10.7. The normalized spacial score (nSPS) is 44.3. The number of rotatable bonds is 3. The third-order valence-corrected chi connectivity index (χ3v) is 2.48. The van der Waals surface area contributed by atoms with Crippen molar-refractivity contribution in [2.75, 3.05) is 6.61 Å². The molecule has 8 heteroatoms. The van der Waals surface area contributed by atoms with Crippen molar-refractivity contribution in [3.05, 3.63) is 0 Å². The second-order valence-corrected chi connectivity index (χ2v) is 3.75. The van der Waals surface area contributed by atoms with Crippen LogP contribution in [0.2, 0.25) is 0 Å². The lowest BCUT2D eigenvalue weighted by Gasteiger charge is -2.44. The molecule has 0 bridgehead atoms. The van der Waals surface area contributed by atoms with Crippen molar-refractivity contribution in [2.24, 2.45) is 5.73 Å². The van der Waals surface area contributed by atoms with Crippen LogP contribution in [0.5, 0.6) is 0 Å². The van der Waals surface area contributed by atoms with Gasteiger partial charge in [0.25, 0.3) is 0 Å². The summed E-state index contributed by atoms with van der Waals surface area (Å²) in [6.07, 6.45) is -7.25. The average molecular weight is 237 g/mol. The molecule has 16 heavy (non-hydrogen) atoms. The van der Waals surface area contributed by atoms with Gasteiger partial charge in [-0.15, -0.1) is 0 Å². The number of primary amides is 1. The van der Waals surface area contributed by atoms with E-state index < -0.39 is 49.1 Å². The summed E-state index contributed by atoms with van der Waals surface area (Å²) in [5.41, 5.74) is 4.84. The van der Waals surface area contributed by atoms with Gasteiger partial charge in [-0.05, 0) is 0 Å². The molecule has 94 valence electrons. The van der Waals surface area contributed by atoms with Gasteiger partial charge in [0, 0.05) is 0 Å². The predicted molar refractivity (Wildman–Crippen MR) is 48.7 cm³/mol. The summed E-state index contributed by atoms with van der Waals surface area (Å²) in [5.74, 6) is -3.36. The second-order valence-electron chi connectivity index (χ2n) is 3.75. The van der Waals surface area contributed by atoms with E-state index in [9.17, 15) is 25.2 Å². The molecule has 7 N–H and O–H groups in total. The van der Waals surface area contributed by atoms with E-state index in [4.69, 9.17) is 15.6 Å². The van der Waals surface area contributed by atoms with Gasteiger partial charge in [-0.25, -0.2) is 0 Å². The highest BCUT2D eigenvalue weighted by atomic mass is 16.7. The van der Waals surface area contributed by atoms with Crippen LogP contribution in [0, 0.1) is 0 Å². The monoisotopic (exact) mass is 237 g/mol. The Bertz CT molecular complexity index is 271. The molecule has 1 fully saturated rings.